The molecule has 82 valence electrons. The monoisotopic (exact) mass is 208 g/mol. The van der Waals surface area contributed by atoms with Gasteiger partial charge in [0.2, 0.25) is 5.91 Å². The molecule has 2 rings (SSSR count). The zero-order chi connectivity index (χ0) is 10.7. The Labute approximate surface area is 89.3 Å². The molecule has 0 N–H and O–H groups in total. The summed E-state index contributed by atoms with van der Waals surface area (Å²) in [7, 11) is 2.11. The van der Waals surface area contributed by atoms with Gasteiger partial charge in [0.15, 0.2) is 0 Å². The first-order valence-corrected chi connectivity index (χ1v) is 5.18. The molecule has 15 heavy (non-hydrogen) atoms. The van der Waals surface area contributed by atoms with Gasteiger partial charge in [-0.05, 0) is 7.05 Å². The van der Waals surface area contributed by atoms with Crippen molar-refractivity contribution in [3.8, 4) is 0 Å². The van der Waals surface area contributed by atoms with Gasteiger partial charge in [0.25, 0.3) is 0 Å². The van der Waals surface area contributed by atoms with E-state index >= 15 is 0 Å². The third-order valence-electron chi connectivity index (χ3n) is 2.75. The standard InChI is InChI=1S/C10H16N4O/c1-12-4-6-13(7-5-12)8-10(15)14-3-2-11-9-14/h2-3,9H,4-8H2,1H3. The molecule has 0 unspecified atom stereocenters. The van der Waals surface area contributed by atoms with Crippen LogP contribution in [0.5, 0.6) is 0 Å². The molecule has 1 aromatic rings. The maximum atomic E-state index is 11.7. The van der Waals surface area contributed by atoms with Crippen molar-refractivity contribution in [1.82, 2.24) is 19.4 Å². The summed E-state index contributed by atoms with van der Waals surface area (Å²) in [5.74, 6) is 0.0945. The van der Waals surface area contributed by atoms with E-state index < -0.39 is 0 Å². The topological polar surface area (TPSA) is 41.4 Å². The summed E-state index contributed by atoms with van der Waals surface area (Å²) in [5, 5.41) is 0. The summed E-state index contributed by atoms with van der Waals surface area (Å²) >= 11 is 0. The van der Waals surface area contributed by atoms with Crippen LogP contribution in [-0.2, 0) is 0 Å². The lowest BCUT2D eigenvalue weighted by Gasteiger charge is -2.31. The van der Waals surface area contributed by atoms with Crippen molar-refractivity contribution < 1.29 is 4.79 Å². The average Bonchev–Trinajstić information content (AvgIpc) is 2.74. The van der Waals surface area contributed by atoms with Crippen molar-refractivity contribution >= 4 is 5.91 Å². The number of rotatable bonds is 2. The zero-order valence-corrected chi connectivity index (χ0v) is 8.96. The van der Waals surface area contributed by atoms with E-state index in [9.17, 15) is 4.79 Å². The molecule has 2 heterocycles. The van der Waals surface area contributed by atoms with E-state index in [1.165, 1.54) is 0 Å². The van der Waals surface area contributed by atoms with Gasteiger partial charge in [0.05, 0.1) is 6.54 Å². The summed E-state index contributed by atoms with van der Waals surface area (Å²) in [5.41, 5.74) is 0. The predicted octanol–water partition coefficient (Wildman–Crippen LogP) is -0.229. The molecule has 0 aromatic carbocycles. The van der Waals surface area contributed by atoms with Gasteiger partial charge < -0.3 is 4.90 Å². The second-order valence-corrected chi connectivity index (χ2v) is 3.94. The molecule has 0 saturated carbocycles. The molecule has 1 fully saturated rings. The third kappa shape index (κ3) is 2.64. The SMILES string of the molecule is CN1CCN(CC(=O)n2ccnc2)CC1. The number of imidazole rings is 1. The average molecular weight is 208 g/mol. The van der Waals surface area contributed by atoms with Crippen molar-refractivity contribution in [2.24, 2.45) is 0 Å². The summed E-state index contributed by atoms with van der Waals surface area (Å²) in [6, 6.07) is 0. The fourth-order valence-electron chi connectivity index (χ4n) is 1.69. The highest BCUT2D eigenvalue weighted by molar-refractivity contribution is 5.80. The van der Waals surface area contributed by atoms with Crippen LogP contribution in [0.2, 0.25) is 0 Å². The Morgan fingerprint density at radius 2 is 2.07 bits per heavy atom. The van der Waals surface area contributed by atoms with E-state index in [1.807, 2.05) is 0 Å². The van der Waals surface area contributed by atoms with E-state index in [4.69, 9.17) is 0 Å². The molecule has 1 saturated heterocycles. The molecule has 5 nitrogen and oxygen atoms in total. The summed E-state index contributed by atoms with van der Waals surface area (Å²) in [4.78, 5) is 20.0. The fourth-order valence-corrected chi connectivity index (χ4v) is 1.69. The number of nitrogens with zero attached hydrogens (tertiary/aromatic N) is 4. The summed E-state index contributed by atoms with van der Waals surface area (Å²) in [6.07, 6.45) is 4.87. The minimum absolute atomic E-state index is 0.0945. The fraction of sp³-hybridized carbons (Fsp3) is 0.600. The predicted molar refractivity (Wildman–Crippen MR) is 56.8 cm³/mol. The van der Waals surface area contributed by atoms with Gasteiger partial charge in [0, 0.05) is 38.6 Å². The van der Waals surface area contributed by atoms with Crippen LogP contribution in [0.1, 0.15) is 4.79 Å². The molecule has 0 bridgehead atoms. The van der Waals surface area contributed by atoms with Crippen LogP contribution >= 0.6 is 0 Å². The van der Waals surface area contributed by atoms with Gasteiger partial charge in [0.1, 0.15) is 6.33 Å². The Morgan fingerprint density at radius 3 is 2.67 bits per heavy atom. The first-order valence-electron chi connectivity index (χ1n) is 5.18. The minimum Gasteiger partial charge on any atom is -0.304 e. The smallest absolute Gasteiger partial charge is 0.246 e. The van der Waals surface area contributed by atoms with Crippen molar-refractivity contribution in [3.05, 3.63) is 18.7 Å². The van der Waals surface area contributed by atoms with Gasteiger partial charge in [-0.15, -0.1) is 0 Å². The second-order valence-electron chi connectivity index (χ2n) is 3.94. The lowest BCUT2D eigenvalue weighted by atomic mass is 10.3. The van der Waals surface area contributed by atoms with E-state index in [-0.39, 0.29) is 5.91 Å². The molecule has 0 amide bonds. The zero-order valence-electron chi connectivity index (χ0n) is 8.96. The van der Waals surface area contributed by atoms with Crippen LogP contribution in [0.4, 0.5) is 0 Å². The Balaban J connectivity index is 1.85. The van der Waals surface area contributed by atoms with Crippen molar-refractivity contribution in [3.63, 3.8) is 0 Å². The normalized spacial score (nSPS) is 19.3. The quantitative estimate of drug-likeness (QED) is 0.673. The first-order chi connectivity index (χ1) is 7.25. The van der Waals surface area contributed by atoms with Gasteiger partial charge in [-0.2, -0.15) is 0 Å². The molecule has 1 aliphatic heterocycles. The van der Waals surface area contributed by atoms with Gasteiger partial charge in [-0.1, -0.05) is 0 Å². The molecule has 5 heteroatoms. The maximum absolute atomic E-state index is 11.7. The second kappa shape index (κ2) is 4.55. The Kier molecular flexibility index (Phi) is 3.13. The van der Waals surface area contributed by atoms with Crippen LogP contribution in [0.15, 0.2) is 18.7 Å². The van der Waals surface area contributed by atoms with Crippen LogP contribution in [0.3, 0.4) is 0 Å². The van der Waals surface area contributed by atoms with Crippen LogP contribution in [0.25, 0.3) is 0 Å². The van der Waals surface area contributed by atoms with E-state index in [2.05, 4.69) is 21.8 Å². The largest absolute Gasteiger partial charge is 0.304 e. The van der Waals surface area contributed by atoms with Crippen LogP contribution in [-0.4, -0.2) is 65.0 Å². The Morgan fingerprint density at radius 1 is 1.33 bits per heavy atom. The molecule has 0 atom stereocenters. The summed E-state index contributed by atoms with van der Waals surface area (Å²) < 4.78 is 1.54. The Bertz CT molecular complexity index is 314. The highest BCUT2D eigenvalue weighted by Gasteiger charge is 2.16. The number of hydrogen-bond donors (Lipinski definition) is 0. The Hall–Kier alpha value is -1.20. The van der Waals surface area contributed by atoms with Gasteiger partial charge in [-0.25, -0.2) is 4.98 Å². The molecular formula is C10H16N4O. The highest BCUT2D eigenvalue weighted by Crippen LogP contribution is 1.99. The number of aromatic nitrogens is 2. The molecule has 1 aliphatic rings. The van der Waals surface area contributed by atoms with Crippen molar-refractivity contribution in [2.75, 3.05) is 39.8 Å². The third-order valence-corrected chi connectivity index (χ3v) is 2.75. The lowest BCUT2D eigenvalue weighted by Crippen LogP contribution is -2.46. The highest BCUT2D eigenvalue weighted by atomic mass is 16.2. The van der Waals surface area contributed by atoms with E-state index in [0.29, 0.717) is 6.54 Å². The maximum Gasteiger partial charge on any atom is 0.246 e. The van der Waals surface area contributed by atoms with Crippen LogP contribution in [0, 0.1) is 0 Å². The first kappa shape index (κ1) is 10.3. The van der Waals surface area contributed by atoms with Gasteiger partial charge >= 0.3 is 0 Å². The molecule has 0 radical (unpaired) electrons. The molecule has 1 aromatic heterocycles. The van der Waals surface area contributed by atoms with Crippen LogP contribution < -0.4 is 0 Å². The number of carbonyl (C=O) groups is 1. The van der Waals surface area contributed by atoms with Crippen molar-refractivity contribution in [1.29, 1.82) is 0 Å². The number of hydrogen-bond acceptors (Lipinski definition) is 4. The molecular weight excluding hydrogens is 192 g/mol. The minimum atomic E-state index is 0.0945. The van der Waals surface area contributed by atoms with Crippen molar-refractivity contribution in [2.45, 2.75) is 0 Å². The number of carbonyl (C=O) groups excluding carboxylic acids is 1. The van der Waals surface area contributed by atoms with Gasteiger partial charge in [-0.3, -0.25) is 14.3 Å². The molecule has 0 aliphatic carbocycles. The number of piperazine rings is 1. The van der Waals surface area contributed by atoms with E-state index in [1.54, 1.807) is 23.3 Å². The lowest BCUT2D eigenvalue weighted by molar-refractivity contribution is 0.0796. The van der Waals surface area contributed by atoms with E-state index in [0.717, 1.165) is 26.2 Å². The molecule has 0 spiro atoms. The number of likely N-dealkylation sites (N-methyl/N-ethyl adjacent to an activating group) is 1. The summed E-state index contributed by atoms with van der Waals surface area (Å²) in [6.45, 7) is 4.51.